The summed E-state index contributed by atoms with van der Waals surface area (Å²) >= 11 is 0. The highest BCUT2D eigenvalue weighted by atomic mass is 16.5. The molecule has 0 heterocycles. The van der Waals surface area contributed by atoms with Gasteiger partial charge < -0.3 is 25.2 Å². The summed E-state index contributed by atoms with van der Waals surface area (Å²) in [5, 5.41) is 40.6. The zero-order valence-electron chi connectivity index (χ0n) is 25.0. The molecule has 6 nitrogen and oxygen atoms in total. The van der Waals surface area contributed by atoms with Crippen molar-refractivity contribution in [2.45, 2.75) is 111 Å². The van der Waals surface area contributed by atoms with Crippen molar-refractivity contribution < 1.29 is 30.0 Å². The molecule has 6 heteroatoms. The normalized spacial score (nSPS) is 51.6. The van der Waals surface area contributed by atoms with Crippen molar-refractivity contribution in [3.05, 3.63) is 12.2 Å². The molecular formula is C33H54O6. The molecule has 222 valence electrons. The number of ether oxygens (including phenoxy) is 1. The van der Waals surface area contributed by atoms with Gasteiger partial charge in [-0.15, -0.1) is 0 Å². The fourth-order valence-corrected chi connectivity index (χ4v) is 11.9. The zero-order valence-corrected chi connectivity index (χ0v) is 25.0. The quantitative estimate of drug-likeness (QED) is 0.280. The number of hydrogen-bond acceptors (Lipinski definition) is 6. The van der Waals surface area contributed by atoms with E-state index in [1.807, 2.05) is 0 Å². The summed E-state index contributed by atoms with van der Waals surface area (Å²) in [6, 6.07) is 0. The smallest absolute Gasteiger partial charge is 0.312 e. The molecule has 5 aliphatic rings. The summed E-state index contributed by atoms with van der Waals surface area (Å²) < 4.78 is 5.72. The Labute approximate surface area is 235 Å². The van der Waals surface area contributed by atoms with Crippen molar-refractivity contribution in [2.24, 2.45) is 56.7 Å². The van der Waals surface area contributed by atoms with Gasteiger partial charge in [-0.25, -0.2) is 0 Å². The number of hydrogen-bond donors (Lipinski definition) is 4. The van der Waals surface area contributed by atoms with Gasteiger partial charge in [0, 0.05) is 5.41 Å². The van der Waals surface area contributed by atoms with E-state index in [0.717, 1.165) is 69.8 Å². The second-order valence-corrected chi connectivity index (χ2v) is 15.5. The van der Waals surface area contributed by atoms with Crippen LogP contribution in [0.3, 0.4) is 0 Å². The van der Waals surface area contributed by atoms with Crippen LogP contribution in [0.2, 0.25) is 0 Å². The predicted octanol–water partition coefficient (Wildman–Crippen LogP) is 4.87. The number of aliphatic hydroxyl groups excluding tert-OH is 4. The number of allylic oxidation sites excluding steroid dienone is 1. The molecular weight excluding hydrogens is 492 g/mol. The monoisotopic (exact) mass is 546 g/mol. The average Bonchev–Trinajstić information content (AvgIpc) is 3.31. The van der Waals surface area contributed by atoms with Gasteiger partial charge in [0.25, 0.3) is 0 Å². The molecule has 5 aliphatic carbocycles. The van der Waals surface area contributed by atoms with E-state index in [1.54, 1.807) is 0 Å². The topological polar surface area (TPSA) is 107 Å². The van der Waals surface area contributed by atoms with Gasteiger partial charge in [-0.3, -0.25) is 4.79 Å². The van der Waals surface area contributed by atoms with Gasteiger partial charge in [0.2, 0.25) is 0 Å². The first-order valence-electron chi connectivity index (χ1n) is 15.7. The van der Waals surface area contributed by atoms with E-state index in [4.69, 9.17) is 4.74 Å². The average molecular weight is 547 g/mol. The summed E-state index contributed by atoms with van der Waals surface area (Å²) in [5.74, 6) is 1.51. The third-order valence-corrected chi connectivity index (χ3v) is 14.2. The molecule has 12 atom stereocenters. The first-order chi connectivity index (χ1) is 18.2. The molecule has 0 saturated heterocycles. The van der Waals surface area contributed by atoms with Gasteiger partial charge in [0.05, 0.1) is 24.7 Å². The summed E-state index contributed by atoms with van der Waals surface area (Å²) in [7, 11) is 0. The van der Waals surface area contributed by atoms with Crippen LogP contribution < -0.4 is 0 Å². The molecule has 5 fully saturated rings. The molecule has 0 radical (unpaired) electrons. The number of rotatable bonds is 6. The molecule has 0 aromatic heterocycles. The SMILES string of the molecule is C=C(C)[C@@H]1CC[C@]2(C(=O)OCC(O)CO)CC[C@]3(C)C(CCC4[C@@]5(C)CC[C@H](O)[C@@](C)(CO)C5CC[C@]43C)C12. The predicted molar refractivity (Wildman–Crippen MR) is 150 cm³/mol. The molecule has 0 aromatic rings. The maximum absolute atomic E-state index is 13.8. The number of aliphatic hydroxyl groups is 4. The minimum absolute atomic E-state index is 0.0374. The van der Waals surface area contributed by atoms with Crippen LogP contribution in [0.5, 0.6) is 0 Å². The largest absolute Gasteiger partial charge is 0.462 e. The standard InChI is InChI=1S/C33H54O6/c1-20(2)22-9-14-33(28(38)39-18-21(36)17-34)16-15-31(5)23(27(22)33)7-8-25-29(3)12-11-26(37)30(4,19-35)24(29)10-13-32(25,31)6/h21-27,34-37H,1,7-19H2,2-6H3/t21?,22-,23?,24?,25?,26-,27?,29-,30-,31+,32+,33-/m0/s1. The highest BCUT2D eigenvalue weighted by Crippen LogP contribution is 2.77. The highest BCUT2D eigenvalue weighted by Gasteiger charge is 2.72. The lowest BCUT2D eigenvalue weighted by Gasteiger charge is -2.72. The van der Waals surface area contributed by atoms with E-state index in [0.29, 0.717) is 23.7 Å². The van der Waals surface area contributed by atoms with Gasteiger partial charge in [-0.05, 0) is 117 Å². The third-order valence-electron chi connectivity index (χ3n) is 14.2. The van der Waals surface area contributed by atoms with Crippen molar-refractivity contribution >= 4 is 5.97 Å². The van der Waals surface area contributed by atoms with Crippen LogP contribution in [0.15, 0.2) is 12.2 Å². The Balaban J connectivity index is 1.51. The third kappa shape index (κ3) is 3.90. The van der Waals surface area contributed by atoms with Crippen molar-refractivity contribution in [1.29, 1.82) is 0 Å². The molecule has 0 amide bonds. The lowest BCUT2D eigenvalue weighted by atomic mass is 9.32. The molecule has 5 rings (SSSR count). The fraction of sp³-hybridized carbons (Fsp3) is 0.909. The number of esters is 1. The van der Waals surface area contributed by atoms with Crippen LogP contribution in [0.1, 0.15) is 98.8 Å². The van der Waals surface area contributed by atoms with E-state index < -0.39 is 29.6 Å². The Kier molecular flexibility index (Phi) is 7.43. The highest BCUT2D eigenvalue weighted by molar-refractivity contribution is 5.78. The van der Waals surface area contributed by atoms with Crippen molar-refractivity contribution in [2.75, 3.05) is 19.8 Å². The molecule has 5 saturated carbocycles. The molecule has 0 aromatic carbocycles. The van der Waals surface area contributed by atoms with E-state index in [2.05, 4.69) is 41.2 Å². The second-order valence-electron chi connectivity index (χ2n) is 15.5. The van der Waals surface area contributed by atoms with E-state index in [1.165, 1.54) is 0 Å². The van der Waals surface area contributed by atoms with Gasteiger partial charge in [0.1, 0.15) is 12.7 Å². The molecule has 5 unspecified atom stereocenters. The van der Waals surface area contributed by atoms with Gasteiger partial charge in [0.15, 0.2) is 0 Å². The van der Waals surface area contributed by atoms with Crippen LogP contribution in [0, 0.1) is 56.7 Å². The molecule has 0 bridgehead atoms. The van der Waals surface area contributed by atoms with Crippen LogP contribution in [-0.2, 0) is 9.53 Å². The van der Waals surface area contributed by atoms with E-state index >= 15 is 0 Å². The molecule has 4 N–H and O–H groups in total. The Bertz CT molecular complexity index is 981. The van der Waals surface area contributed by atoms with Crippen LogP contribution in [0.25, 0.3) is 0 Å². The zero-order chi connectivity index (χ0) is 28.6. The van der Waals surface area contributed by atoms with Crippen LogP contribution in [-0.4, -0.2) is 58.4 Å². The number of fused-ring (bicyclic) bond motifs is 7. The van der Waals surface area contributed by atoms with Crippen molar-refractivity contribution in [3.63, 3.8) is 0 Å². The summed E-state index contributed by atoms with van der Waals surface area (Å²) in [6.07, 6.45) is 8.16. The first kappa shape index (κ1) is 29.5. The minimum Gasteiger partial charge on any atom is -0.462 e. The lowest BCUT2D eigenvalue weighted by molar-refractivity contribution is -0.254. The summed E-state index contributed by atoms with van der Waals surface area (Å²) in [4.78, 5) is 13.8. The van der Waals surface area contributed by atoms with Crippen molar-refractivity contribution in [1.82, 2.24) is 0 Å². The van der Waals surface area contributed by atoms with Gasteiger partial charge >= 0.3 is 5.97 Å². The Morgan fingerprint density at radius 3 is 2.28 bits per heavy atom. The Hall–Kier alpha value is -0.950. The van der Waals surface area contributed by atoms with Crippen LogP contribution in [0.4, 0.5) is 0 Å². The van der Waals surface area contributed by atoms with Crippen molar-refractivity contribution in [3.8, 4) is 0 Å². The maximum atomic E-state index is 13.8. The summed E-state index contributed by atoms with van der Waals surface area (Å²) in [5.41, 5.74) is 0.440. The van der Waals surface area contributed by atoms with Crippen LogP contribution >= 0.6 is 0 Å². The Morgan fingerprint density at radius 1 is 0.923 bits per heavy atom. The Morgan fingerprint density at radius 2 is 1.64 bits per heavy atom. The number of carbonyl (C=O) groups is 1. The maximum Gasteiger partial charge on any atom is 0.312 e. The lowest BCUT2D eigenvalue weighted by Crippen LogP contribution is -2.67. The molecule has 39 heavy (non-hydrogen) atoms. The minimum atomic E-state index is -1.04. The molecule has 0 aliphatic heterocycles. The summed E-state index contributed by atoms with van der Waals surface area (Å²) in [6.45, 7) is 15.6. The molecule has 0 spiro atoms. The van der Waals surface area contributed by atoms with E-state index in [9.17, 15) is 25.2 Å². The van der Waals surface area contributed by atoms with E-state index in [-0.39, 0.29) is 41.3 Å². The second kappa shape index (κ2) is 9.81. The first-order valence-corrected chi connectivity index (χ1v) is 15.7. The van der Waals surface area contributed by atoms with Gasteiger partial charge in [-0.2, -0.15) is 0 Å². The van der Waals surface area contributed by atoms with Gasteiger partial charge in [-0.1, -0.05) is 39.8 Å². The fourth-order valence-electron chi connectivity index (χ4n) is 11.9. The number of carbonyl (C=O) groups excluding carboxylic acids is 1.